The van der Waals surface area contributed by atoms with E-state index in [2.05, 4.69) is 5.32 Å². The first-order valence-electron chi connectivity index (χ1n) is 8.08. The van der Waals surface area contributed by atoms with E-state index in [0.717, 1.165) is 12.1 Å². The van der Waals surface area contributed by atoms with Gasteiger partial charge >= 0.3 is 5.97 Å². The van der Waals surface area contributed by atoms with Crippen LogP contribution in [-0.2, 0) is 24.3 Å². The molecule has 10 heteroatoms. The lowest BCUT2D eigenvalue weighted by Crippen LogP contribution is -2.50. The van der Waals surface area contributed by atoms with Crippen LogP contribution in [0.1, 0.15) is 27.7 Å². The van der Waals surface area contributed by atoms with Crippen molar-refractivity contribution in [3.63, 3.8) is 0 Å². The summed E-state index contributed by atoms with van der Waals surface area (Å²) in [5.41, 5.74) is -1.14. The van der Waals surface area contributed by atoms with Crippen LogP contribution in [0.2, 0.25) is 0 Å². The Kier molecular flexibility index (Phi) is 7.45. The maximum Gasteiger partial charge on any atom is 0.324 e. The van der Waals surface area contributed by atoms with Gasteiger partial charge in [0.25, 0.3) is 5.91 Å². The van der Waals surface area contributed by atoms with Gasteiger partial charge in [0.1, 0.15) is 22.3 Å². The zero-order valence-corrected chi connectivity index (χ0v) is 16.3. The molecule has 0 bridgehead atoms. The third-order valence-electron chi connectivity index (χ3n) is 3.94. The third kappa shape index (κ3) is 6.01. The Labute approximate surface area is 157 Å². The molecule has 0 fully saturated rings. The number of carbonyl (C=O) groups is 2. The molecule has 0 aliphatic heterocycles. The van der Waals surface area contributed by atoms with Crippen molar-refractivity contribution in [2.75, 3.05) is 6.61 Å². The molecule has 1 aromatic rings. The SMILES string of the molecule is CC(C)[C@](C)(C#N)NC(=O)COC(=O)[C@H](C)NS(=O)(=O)c1ccccc1F. The molecular weight excluding hydrogens is 377 g/mol. The summed E-state index contributed by atoms with van der Waals surface area (Å²) in [5.74, 6) is -2.87. The van der Waals surface area contributed by atoms with Gasteiger partial charge in [0.05, 0.1) is 6.07 Å². The highest BCUT2D eigenvalue weighted by molar-refractivity contribution is 7.89. The van der Waals surface area contributed by atoms with Crippen molar-refractivity contribution in [1.82, 2.24) is 10.0 Å². The van der Waals surface area contributed by atoms with E-state index in [1.807, 2.05) is 10.8 Å². The van der Waals surface area contributed by atoms with Crippen LogP contribution in [0.25, 0.3) is 0 Å². The number of carbonyl (C=O) groups excluding carboxylic acids is 2. The molecule has 2 atom stereocenters. The highest BCUT2D eigenvalue weighted by Gasteiger charge is 2.31. The number of benzene rings is 1. The van der Waals surface area contributed by atoms with Gasteiger partial charge in [-0.2, -0.15) is 9.98 Å². The second-order valence-corrected chi connectivity index (χ2v) is 8.08. The van der Waals surface area contributed by atoms with E-state index in [-0.39, 0.29) is 5.92 Å². The Bertz CT molecular complexity index is 850. The van der Waals surface area contributed by atoms with Gasteiger partial charge < -0.3 is 10.1 Å². The van der Waals surface area contributed by atoms with Crippen LogP contribution in [-0.4, -0.2) is 38.5 Å². The Morgan fingerprint density at radius 2 is 1.89 bits per heavy atom. The van der Waals surface area contributed by atoms with E-state index in [1.165, 1.54) is 26.0 Å². The van der Waals surface area contributed by atoms with E-state index >= 15 is 0 Å². The molecule has 0 aliphatic carbocycles. The van der Waals surface area contributed by atoms with Gasteiger partial charge in [0, 0.05) is 0 Å². The zero-order chi connectivity index (χ0) is 20.8. The summed E-state index contributed by atoms with van der Waals surface area (Å²) >= 11 is 0. The van der Waals surface area contributed by atoms with Crippen LogP contribution in [0.5, 0.6) is 0 Å². The number of hydrogen-bond donors (Lipinski definition) is 2. The number of nitrogens with one attached hydrogen (secondary N) is 2. The minimum Gasteiger partial charge on any atom is -0.454 e. The van der Waals surface area contributed by atoms with Crippen molar-refractivity contribution in [2.24, 2.45) is 5.92 Å². The average Bonchev–Trinajstić information content (AvgIpc) is 2.59. The first-order chi connectivity index (χ1) is 12.4. The molecule has 27 heavy (non-hydrogen) atoms. The monoisotopic (exact) mass is 399 g/mol. The van der Waals surface area contributed by atoms with Gasteiger partial charge in [0.15, 0.2) is 6.61 Å². The van der Waals surface area contributed by atoms with Crippen molar-refractivity contribution in [1.29, 1.82) is 5.26 Å². The van der Waals surface area contributed by atoms with Crippen LogP contribution in [0.4, 0.5) is 4.39 Å². The predicted octanol–water partition coefficient (Wildman–Crippen LogP) is 1.09. The Balaban J connectivity index is 2.67. The van der Waals surface area contributed by atoms with Crippen LogP contribution in [0.15, 0.2) is 29.2 Å². The van der Waals surface area contributed by atoms with Crippen molar-refractivity contribution in [2.45, 2.75) is 44.2 Å². The minimum atomic E-state index is -4.29. The Morgan fingerprint density at radius 3 is 2.41 bits per heavy atom. The summed E-state index contributed by atoms with van der Waals surface area (Å²) < 4.78 is 44.7. The van der Waals surface area contributed by atoms with Gasteiger partial charge in [-0.15, -0.1) is 0 Å². The molecule has 0 spiro atoms. The van der Waals surface area contributed by atoms with Crippen LogP contribution >= 0.6 is 0 Å². The molecule has 0 saturated heterocycles. The molecule has 8 nitrogen and oxygen atoms in total. The Hall–Kier alpha value is -2.51. The third-order valence-corrected chi connectivity index (χ3v) is 5.52. The number of sulfonamides is 1. The number of nitriles is 1. The van der Waals surface area contributed by atoms with E-state index in [1.54, 1.807) is 13.8 Å². The highest BCUT2D eigenvalue weighted by Crippen LogP contribution is 2.15. The number of amides is 1. The molecule has 0 aromatic heterocycles. The lowest BCUT2D eigenvalue weighted by Gasteiger charge is -2.27. The van der Waals surface area contributed by atoms with E-state index in [0.29, 0.717) is 0 Å². The molecule has 2 N–H and O–H groups in total. The first kappa shape index (κ1) is 22.5. The first-order valence-corrected chi connectivity index (χ1v) is 9.57. The fourth-order valence-corrected chi connectivity index (χ4v) is 3.17. The molecular formula is C17H22FN3O5S. The fourth-order valence-electron chi connectivity index (χ4n) is 1.90. The van der Waals surface area contributed by atoms with Gasteiger partial charge in [-0.25, -0.2) is 12.8 Å². The van der Waals surface area contributed by atoms with Gasteiger partial charge in [0.2, 0.25) is 10.0 Å². The predicted molar refractivity (Wildman–Crippen MR) is 94.1 cm³/mol. The van der Waals surface area contributed by atoms with Gasteiger partial charge in [-0.05, 0) is 31.9 Å². The molecule has 0 heterocycles. The van der Waals surface area contributed by atoms with E-state index in [4.69, 9.17) is 10.00 Å². The van der Waals surface area contributed by atoms with Crippen molar-refractivity contribution < 1.29 is 27.1 Å². The summed E-state index contributed by atoms with van der Waals surface area (Å²) in [4.78, 5) is 23.2. The van der Waals surface area contributed by atoms with E-state index in [9.17, 15) is 22.4 Å². The second-order valence-electron chi connectivity index (χ2n) is 6.40. The highest BCUT2D eigenvalue weighted by atomic mass is 32.2. The molecule has 0 saturated carbocycles. The number of esters is 1. The fraction of sp³-hybridized carbons (Fsp3) is 0.471. The second kappa shape index (κ2) is 8.92. The normalized spacial score (nSPS) is 14.7. The number of hydrogen-bond acceptors (Lipinski definition) is 6. The van der Waals surface area contributed by atoms with Crippen molar-refractivity contribution in [3.05, 3.63) is 30.1 Å². The lowest BCUT2D eigenvalue weighted by atomic mass is 9.90. The molecule has 1 aromatic carbocycles. The maximum absolute atomic E-state index is 13.6. The lowest BCUT2D eigenvalue weighted by molar-refractivity contribution is -0.150. The largest absolute Gasteiger partial charge is 0.454 e. The number of halogens is 1. The maximum atomic E-state index is 13.6. The number of nitrogens with zero attached hydrogens (tertiary/aromatic N) is 1. The topological polar surface area (TPSA) is 125 Å². The van der Waals surface area contributed by atoms with Gasteiger partial charge in [-0.3, -0.25) is 9.59 Å². The summed E-state index contributed by atoms with van der Waals surface area (Å²) in [6.45, 7) is 5.54. The quantitative estimate of drug-likeness (QED) is 0.631. The molecule has 0 radical (unpaired) electrons. The molecule has 148 valence electrons. The molecule has 1 amide bonds. The molecule has 0 unspecified atom stereocenters. The summed E-state index contributed by atoms with van der Waals surface area (Å²) in [6.07, 6.45) is 0. The van der Waals surface area contributed by atoms with Crippen LogP contribution in [0.3, 0.4) is 0 Å². The standard InChI is InChI=1S/C17H22FN3O5S/c1-11(2)17(4,10-19)20-15(22)9-26-16(23)12(3)21-27(24,25)14-8-6-5-7-13(14)18/h5-8,11-12,21H,9H2,1-4H3,(H,20,22)/t12-,17-/m0/s1. The smallest absolute Gasteiger partial charge is 0.324 e. The van der Waals surface area contributed by atoms with Crippen molar-refractivity contribution in [3.8, 4) is 6.07 Å². The summed E-state index contributed by atoms with van der Waals surface area (Å²) in [6, 6.07) is 5.32. The number of rotatable bonds is 8. The van der Waals surface area contributed by atoms with Crippen LogP contribution in [0, 0.1) is 23.1 Å². The minimum absolute atomic E-state index is 0.186. The number of ether oxygens (including phenoxy) is 1. The van der Waals surface area contributed by atoms with Crippen LogP contribution < -0.4 is 10.0 Å². The molecule has 0 aliphatic rings. The summed E-state index contributed by atoms with van der Waals surface area (Å²) in [7, 11) is -4.29. The van der Waals surface area contributed by atoms with Gasteiger partial charge in [-0.1, -0.05) is 26.0 Å². The van der Waals surface area contributed by atoms with Crippen molar-refractivity contribution >= 4 is 21.9 Å². The Morgan fingerprint density at radius 1 is 1.30 bits per heavy atom. The molecule has 1 rings (SSSR count). The zero-order valence-electron chi connectivity index (χ0n) is 15.4. The van der Waals surface area contributed by atoms with E-state index < -0.39 is 50.8 Å². The average molecular weight is 399 g/mol. The summed E-state index contributed by atoms with van der Waals surface area (Å²) in [5, 5.41) is 11.6.